The first-order valence-corrected chi connectivity index (χ1v) is 9.70. The number of para-hydroxylation sites is 1. The van der Waals surface area contributed by atoms with E-state index in [2.05, 4.69) is 5.32 Å². The number of carbonyl (C=O) groups excluding carboxylic acids is 1. The van der Waals surface area contributed by atoms with Gasteiger partial charge in [-0.3, -0.25) is 9.10 Å². The van der Waals surface area contributed by atoms with Gasteiger partial charge in [-0.05, 0) is 31.2 Å². The van der Waals surface area contributed by atoms with Crippen molar-refractivity contribution < 1.29 is 22.7 Å². The smallest absolute Gasteiger partial charge is 0.248 e. The first-order valence-electron chi connectivity index (χ1n) is 7.85. The van der Waals surface area contributed by atoms with Crippen LogP contribution < -0.4 is 19.1 Å². The second kappa shape index (κ2) is 8.09. The minimum Gasteiger partial charge on any atom is -0.497 e. The summed E-state index contributed by atoms with van der Waals surface area (Å²) in [5.41, 5.74) is 0.806. The Bertz CT molecular complexity index is 868. The molecule has 1 N–H and O–H groups in total. The second-order valence-corrected chi connectivity index (χ2v) is 7.49. The summed E-state index contributed by atoms with van der Waals surface area (Å²) in [7, 11) is -0.676. The first-order chi connectivity index (χ1) is 12.3. The van der Waals surface area contributed by atoms with Crippen LogP contribution >= 0.6 is 0 Å². The van der Waals surface area contributed by atoms with Gasteiger partial charge >= 0.3 is 0 Å². The van der Waals surface area contributed by atoms with Crippen molar-refractivity contribution in [2.75, 3.05) is 30.1 Å². The maximum Gasteiger partial charge on any atom is 0.248 e. The van der Waals surface area contributed by atoms with Gasteiger partial charge in [-0.25, -0.2) is 8.42 Å². The minimum absolute atomic E-state index is 0.394. The summed E-state index contributed by atoms with van der Waals surface area (Å²) in [5.74, 6) is 0.486. The first kappa shape index (κ1) is 19.6. The average Bonchev–Trinajstić information content (AvgIpc) is 2.61. The number of hydrogen-bond donors (Lipinski definition) is 1. The van der Waals surface area contributed by atoms with E-state index in [1.807, 2.05) is 0 Å². The lowest BCUT2D eigenvalue weighted by Crippen LogP contribution is -2.45. The number of ether oxygens (including phenoxy) is 2. The Hall–Kier alpha value is -2.74. The number of nitrogens with one attached hydrogen (secondary N) is 1. The maximum atomic E-state index is 12.7. The predicted octanol–water partition coefficient (Wildman–Crippen LogP) is 2.50. The molecule has 0 saturated heterocycles. The van der Waals surface area contributed by atoms with Crippen molar-refractivity contribution in [1.82, 2.24) is 0 Å². The van der Waals surface area contributed by atoms with E-state index >= 15 is 0 Å². The number of rotatable bonds is 7. The molecule has 0 saturated carbocycles. The zero-order valence-electron chi connectivity index (χ0n) is 15.1. The Morgan fingerprint density at radius 3 is 2.27 bits per heavy atom. The van der Waals surface area contributed by atoms with E-state index in [1.54, 1.807) is 48.5 Å². The molecular formula is C18H22N2O5S. The fourth-order valence-corrected chi connectivity index (χ4v) is 3.71. The Balaban J connectivity index is 2.33. The number of methoxy groups -OCH3 is 2. The molecule has 0 aromatic heterocycles. The van der Waals surface area contributed by atoms with E-state index in [9.17, 15) is 13.2 Å². The van der Waals surface area contributed by atoms with Crippen LogP contribution in [0.5, 0.6) is 11.5 Å². The summed E-state index contributed by atoms with van der Waals surface area (Å²) in [5, 5.41) is 2.71. The van der Waals surface area contributed by atoms with Gasteiger partial charge in [0.05, 0.1) is 31.9 Å². The highest BCUT2D eigenvalue weighted by Gasteiger charge is 2.29. The molecule has 2 aromatic carbocycles. The van der Waals surface area contributed by atoms with Crippen LogP contribution in [0.4, 0.5) is 11.4 Å². The zero-order valence-corrected chi connectivity index (χ0v) is 15.9. The molecular weight excluding hydrogens is 356 g/mol. The van der Waals surface area contributed by atoms with Gasteiger partial charge in [-0.15, -0.1) is 0 Å². The van der Waals surface area contributed by atoms with Gasteiger partial charge < -0.3 is 14.8 Å². The lowest BCUT2D eigenvalue weighted by atomic mass is 10.2. The van der Waals surface area contributed by atoms with Crippen molar-refractivity contribution in [3.05, 3.63) is 48.5 Å². The monoisotopic (exact) mass is 378 g/mol. The summed E-state index contributed by atoms with van der Waals surface area (Å²) < 4.78 is 36.0. The molecule has 8 heteroatoms. The van der Waals surface area contributed by atoms with Gasteiger partial charge in [0.2, 0.25) is 15.9 Å². The quantitative estimate of drug-likeness (QED) is 0.800. The SMILES string of the molecule is COc1ccc(OC)c(NC(=O)[C@H](C)N(c2ccccc2)S(C)(=O)=O)c1. The summed E-state index contributed by atoms with van der Waals surface area (Å²) in [4.78, 5) is 12.7. The second-order valence-electron chi connectivity index (χ2n) is 5.63. The summed E-state index contributed by atoms with van der Waals surface area (Å²) >= 11 is 0. The summed E-state index contributed by atoms with van der Waals surface area (Å²) in [6, 6.07) is 12.5. The highest BCUT2D eigenvalue weighted by molar-refractivity contribution is 7.92. The molecule has 7 nitrogen and oxygen atoms in total. The fourth-order valence-electron chi connectivity index (χ4n) is 2.53. The van der Waals surface area contributed by atoms with E-state index in [0.717, 1.165) is 10.6 Å². The number of sulfonamides is 1. The third-order valence-corrected chi connectivity index (χ3v) is 5.01. The number of amides is 1. The molecule has 1 amide bonds. The molecule has 0 spiro atoms. The Labute approximate surface area is 153 Å². The molecule has 0 radical (unpaired) electrons. The minimum atomic E-state index is -3.67. The predicted molar refractivity (Wildman–Crippen MR) is 101 cm³/mol. The molecule has 0 fully saturated rings. The van der Waals surface area contributed by atoms with E-state index in [-0.39, 0.29) is 0 Å². The van der Waals surface area contributed by atoms with Crippen molar-refractivity contribution in [3.63, 3.8) is 0 Å². The number of carbonyl (C=O) groups is 1. The number of benzene rings is 2. The Morgan fingerprint density at radius 2 is 1.73 bits per heavy atom. The van der Waals surface area contributed by atoms with Gasteiger partial charge in [0.25, 0.3) is 0 Å². The normalized spacial score (nSPS) is 12.2. The van der Waals surface area contributed by atoms with E-state index < -0.39 is 22.0 Å². The van der Waals surface area contributed by atoms with Gasteiger partial charge in [-0.1, -0.05) is 18.2 Å². The maximum absolute atomic E-state index is 12.7. The Kier molecular flexibility index (Phi) is 6.10. The topological polar surface area (TPSA) is 84.9 Å². The largest absolute Gasteiger partial charge is 0.497 e. The molecule has 26 heavy (non-hydrogen) atoms. The highest BCUT2D eigenvalue weighted by Crippen LogP contribution is 2.29. The number of hydrogen-bond acceptors (Lipinski definition) is 5. The number of anilines is 2. The van der Waals surface area contributed by atoms with Crippen molar-refractivity contribution in [2.24, 2.45) is 0 Å². The molecule has 0 bridgehead atoms. The van der Waals surface area contributed by atoms with Crippen molar-refractivity contribution in [3.8, 4) is 11.5 Å². The van der Waals surface area contributed by atoms with Crippen LogP contribution in [0, 0.1) is 0 Å². The van der Waals surface area contributed by atoms with Crippen LogP contribution in [-0.4, -0.2) is 40.8 Å². The van der Waals surface area contributed by atoms with E-state index in [4.69, 9.17) is 9.47 Å². The fraction of sp³-hybridized carbons (Fsp3) is 0.278. The molecule has 0 unspecified atom stereocenters. The van der Waals surface area contributed by atoms with Crippen molar-refractivity contribution >= 4 is 27.3 Å². The standard InChI is InChI=1S/C18H22N2O5S/c1-13(20(26(4,22)23)14-8-6-5-7-9-14)18(21)19-16-12-15(24-2)10-11-17(16)25-3/h5-13H,1-4H3,(H,19,21)/t13-/m0/s1. The van der Waals surface area contributed by atoms with Crippen LogP contribution in [0.25, 0.3) is 0 Å². The van der Waals surface area contributed by atoms with E-state index in [0.29, 0.717) is 22.9 Å². The molecule has 0 heterocycles. The Morgan fingerprint density at radius 1 is 1.08 bits per heavy atom. The molecule has 2 aromatic rings. The van der Waals surface area contributed by atoms with Crippen LogP contribution in [0.15, 0.2) is 48.5 Å². The van der Waals surface area contributed by atoms with Gasteiger partial charge in [0.1, 0.15) is 17.5 Å². The summed E-state index contributed by atoms with van der Waals surface area (Å²) in [6.45, 7) is 1.52. The number of nitrogens with zero attached hydrogens (tertiary/aromatic N) is 1. The van der Waals surface area contributed by atoms with Crippen LogP contribution in [-0.2, 0) is 14.8 Å². The van der Waals surface area contributed by atoms with Crippen LogP contribution in [0.1, 0.15) is 6.92 Å². The highest BCUT2D eigenvalue weighted by atomic mass is 32.2. The lowest BCUT2D eigenvalue weighted by molar-refractivity contribution is -0.116. The summed E-state index contributed by atoms with van der Waals surface area (Å²) in [6.07, 6.45) is 1.07. The molecule has 0 aliphatic heterocycles. The lowest BCUT2D eigenvalue weighted by Gasteiger charge is -2.28. The third-order valence-electron chi connectivity index (χ3n) is 3.76. The van der Waals surface area contributed by atoms with Gasteiger partial charge in [-0.2, -0.15) is 0 Å². The van der Waals surface area contributed by atoms with Crippen molar-refractivity contribution in [2.45, 2.75) is 13.0 Å². The molecule has 0 aliphatic carbocycles. The van der Waals surface area contributed by atoms with Gasteiger partial charge in [0.15, 0.2) is 0 Å². The van der Waals surface area contributed by atoms with E-state index in [1.165, 1.54) is 21.1 Å². The van der Waals surface area contributed by atoms with Crippen LogP contribution in [0.2, 0.25) is 0 Å². The van der Waals surface area contributed by atoms with Crippen LogP contribution in [0.3, 0.4) is 0 Å². The third kappa shape index (κ3) is 4.45. The molecule has 1 atom stereocenters. The van der Waals surface area contributed by atoms with Gasteiger partial charge in [0, 0.05) is 6.07 Å². The zero-order chi connectivity index (χ0) is 19.3. The molecule has 140 valence electrons. The molecule has 0 aliphatic rings. The van der Waals surface area contributed by atoms with Crippen molar-refractivity contribution in [1.29, 1.82) is 0 Å². The average molecular weight is 378 g/mol. The molecule has 2 rings (SSSR count).